The molecule has 0 aromatic heterocycles. The first-order chi connectivity index (χ1) is 9.75. The molecule has 1 unspecified atom stereocenters. The quantitative estimate of drug-likeness (QED) is 0.747. The van der Waals surface area contributed by atoms with E-state index in [0.717, 1.165) is 0 Å². The molecular weight excluding hydrogens is 270 g/mol. The van der Waals surface area contributed by atoms with Gasteiger partial charge in [-0.3, -0.25) is 4.79 Å². The van der Waals surface area contributed by atoms with Gasteiger partial charge in [-0.05, 0) is 23.5 Å². The Morgan fingerprint density at radius 1 is 1.24 bits per heavy atom. The van der Waals surface area contributed by atoms with Crippen molar-refractivity contribution >= 4 is 11.9 Å². The van der Waals surface area contributed by atoms with Gasteiger partial charge < -0.3 is 15.5 Å². The van der Waals surface area contributed by atoms with Crippen LogP contribution in [0.3, 0.4) is 0 Å². The first-order valence-electron chi connectivity index (χ1n) is 6.97. The number of carboxylic acids is 1. The van der Waals surface area contributed by atoms with Gasteiger partial charge >= 0.3 is 5.97 Å². The summed E-state index contributed by atoms with van der Waals surface area (Å²) in [5, 5.41) is 21.1. The van der Waals surface area contributed by atoms with Gasteiger partial charge in [-0.2, -0.15) is 0 Å². The van der Waals surface area contributed by atoms with Crippen LogP contribution in [0, 0.1) is 5.41 Å². The Morgan fingerprint density at radius 2 is 1.86 bits per heavy atom. The predicted molar refractivity (Wildman–Crippen MR) is 80.2 cm³/mol. The normalized spacial score (nSPS) is 12.8. The maximum atomic E-state index is 12.1. The van der Waals surface area contributed by atoms with E-state index >= 15 is 0 Å². The van der Waals surface area contributed by atoms with Crippen LogP contribution >= 0.6 is 0 Å². The fourth-order valence-corrected chi connectivity index (χ4v) is 2.15. The molecule has 5 heteroatoms. The van der Waals surface area contributed by atoms with Crippen LogP contribution in [0.4, 0.5) is 0 Å². The number of hydrogen-bond donors (Lipinski definition) is 3. The van der Waals surface area contributed by atoms with Gasteiger partial charge in [-0.15, -0.1) is 0 Å². The second-order valence-electron chi connectivity index (χ2n) is 6.14. The number of aliphatic hydroxyl groups excluding tert-OH is 1. The Labute approximate surface area is 125 Å². The number of benzene rings is 1. The highest BCUT2D eigenvalue weighted by Gasteiger charge is 2.26. The summed E-state index contributed by atoms with van der Waals surface area (Å²) >= 11 is 0. The summed E-state index contributed by atoms with van der Waals surface area (Å²) in [4.78, 5) is 23.3. The Balaban J connectivity index is 2.80. The van der Waals surface area contributed by atoms with Gasteiger partial charge in [0.25, 0.3) is 0 Å². The molecule has 1 atom stereocenters. The van der Waals surface area contributed by atoms with Crippen molar-refractivity contribution < 1.29 is 19.8 Å². The molecule has 1 aromatic carbocycles. The number of hydrogen-bond acceptors (Lipinski definition) is 3. The number of nitrogens with one attached hydrogen (secondary N) is 1. The summed E-state index contributed by atoms with van der Waals surface area (Å²) in [6, 6.07) is 6.31. The van der Waals surface area contributed by atoms with Crippen LogP contribution in [0.5, 0.6) is 0 Å². The molecule has 0 spiro atoms. The highest BCUT2D eigenvalue weighted by molar-refractivity contribution is 5.91. The standard InChI is InChI=1S/C16H23NO4/c1-16(2,3)13(8-9-18)17-14(19)10-11-6-4-5-7-12(11)15(20)21/h4-7,13,18H,8-10H2,1-3H3,(H,17,19)(H,20,21). The molecule has 21 heavy (non-hydrogen) atoms. The maximum absolute atomic E-state index is 12.1. The van der Waals surface area contributed by atoms with Crippen molar-refractivity contribution in [2.45, 2.75) is 39.7 Å². The number of carbonyl (C=O) groups excluding carboxylic acids is 1. The molecule has 0 radical (unpaired) electrons. The SMILES string of the molecule is CC(C)(C)C(CCO)NC(=O)Cc1ccccc1C(=O)O. The maximum Gasteiger partial charge on any atom is 0.335 e. The van der Waals surface area contributed by atoms with Gasteiger partial charge in [-0.25, -0.2) is 4.79 Å². The zero-order valence-electron chi connectivity index (χ0n) is 12.7. The van der Waals surface area contributed by atoms with Crippen LogP contribution in [0.1, 0.15) is 43.1 Å². The van der Waals surface area contributed by atoms with E-state index in [-0.39, 0.29) is 36.0 Å². The Morgan fingerprint density at radius 3 is 2.38 bits per heavy atom. The third kappa shape index (κ3) is 5.19. The number of carbonyl (C=O) groups is 2. The van der Waals surface area contributed by atoms with Gasteiger partial charge in [0.1, 0.15) is 0 Å². The van der Waals surface area contributed by atoms with Crippen LogP contribution in [0.25, 0.3) is 0 Å². The molecule has 0 saturated heterocycles. The van der Waals surface area contributed by atoms with Crippen LogP contribution in [0.2, 0.25) is 0 Å². The minimum absolute atomic E-state index is 0.00602. The van der Waals surface area contributed by atoms with Gasteiger partial charge in [0.05, 0.1) is 12.0 Å². The van der Waals surface area contributed by atoms with Gasteiger partial charge in [0.2, 0.25) is 5.91 Å². The van der Waals surface area contributed by atoms with Crippen LogP contribution in [-0.4, -0.2) is 34.7 Å². The number of amides is 1. The van der Waals surface area contributed by atoms with Crippen molar-refractivity contribution in [3.8, 4) is 0 Å². The molecule has 3 N–H and O–H groups in total. The van der Waals surface area contributed by atoms with Crippen molar-refractivity contribution in [3.63, 3.8) is 0 Å². The summed E-state index contributed by atoms with van der Waals surface area (Å²) in [5.74, 6) is -1.28. The van der Waals surface area contributed by atoms with E-state index < -0.39 is 5.97 Å². The number of aromatic carboxylic acids is 1. The summed E-state index contributed by atoms with van der Waals surface area (Å²) in [6.07, 6.45) is 0.482. The van der Waals surface area contributed by atoms with E-state index in [0.29, 0.717) is 12.0 Å². The molecule has 5 nitrogen and oxygen atoms in total. The summed E-state index contributed by atoms with van der Waals surface area (Å²) < 4.78 is 0. The third-order valence-electron chi connectivity index (χ3n) is 3.40. The van der Waals surface area contributed by atoms with E-state index in [2.05, 4.69) is 5.32 Å². The van der Waals surface area contributed by atoms with Crippen LogP contribution in [0.15, 0.2) is 24.3 Å². The van der Waals surface area contributed by atoms with Crippen LogP contribution in [-0.2, 0) is 11.2 Å². The van der Waals surface area contributed by atoms with E-state index in [1.165, 1.54) is 6.07 Å². The summed E-state index contributed by atoms with van der Waals surface area (Å²) in [5.41, 5.74) is 0.450. The topological polar surface area (TPSA) is 86.6 Å². The average molecular weight is 293 g/mol. The smallest absolute Gasteiger partial charge is 0.335 e. The van der Waals surface area contributed by atoms with E-state index in [1.54, 1.807) is 18.2 Å². The van der Waals surface area contributed by atoms with Gasteiger partial charge in [0.15, 0.2) is 0 Å². The predicted octanol–water partition coefficient (Wildman–Crippen LogP) is 1.84. The van der Waals surface area contributed by atoms with E-state index in [9.17, 15) is 9.59 Å². The third-order valence-corrected chi connectivity index (χ3v) is 3.40. The average Bonchev–Trinajstić information content (AvgIpc) is 2.37. The zero-order valence-corrected chi connectivity index (χ0v) is 12.7. The lowest BCUT2D eigenvalue weighted by Gasteiger charge is -2.31. The lowest BCUT2D eigenvalue weighted by atomic mass is 9.84. The molecule has 1 aromatic rings. The minimum Gasteiger partial charge on any atom is -0.478 e. The first-order valence-corrected chi connectivity index (χ1v) is 6.97. The van der Waals surface area contributed by atoms with Crippen molar-refractivity contribution in [1.29, 1.82) is 0 Å². The summed E-state index contributed by atoms with van der Waals surface area (Å²) in [6.45, 7) is 5.95. The Kier molecular flexibility index (Phi) is 5.90. The molecule has 0 aliphatic rings. The molecule has 1 amide bonds. The molecule has 0 aliphatic carbocycles. The zero-order chi connectivity index (χ0) is 16.0. The lowest BCUT2D eigenvalue weighted by molar-refractivity contribution is -0.122. The van der Waals surface area contributed by atoms with Crippen molar-refractivity contribution in [2.75, 3.05) is 6.61 Å². The molecule has 0 saturated carbocycles. The Hall–Kier alpha value is -1.88. The van der Waals surface area contributed by atoms with E-state index in [1.807, 2.05) is 20.8 Å². The molecule has 0 fully saturated rings. The minimum atomic E-state index is -1.04. The van der Waals surface area contributed by atoms with Gasteiger partial charge in [0, 0.05) is 12.6 Å². The Bertz CT molecular complexity index is 505. The highest BCUT2D eigenvalue weighted by atomic mass is 16.4. The molecule has 0 bridgehead atoms. The second kappa shape index (κ2) is 7.22. The molecule has 0 aliphatic heterocycles. The van der Waals surface area contributed by atoms with Crippen molar-refractivity contribution in [2.24, 2.45) is 5.41 Å². The monoisotopic (exact) mass is 293 g/mol. The van der Waals surface area contributed by atoms with Crippen LogP contribution < -0.4 is 5.32 Å². The number of aliphatic hydroxyl groups is 1. The first kappa shape index (κ1) is 17.2. The molecular formula is C16H23NO4. The molecule has 1 rings (SSSR count). The van der Waals surface area contributed by atoms with Crippen molar-refractivity contribution in [1.82, 2.24) is 5.32 Å². The summed E-state index contributed by atoms with van der Waals surface area (Å²) in [7, 11) is 0. The van der Waals surface area contributed by atoms with Gasteiger partial charge in [-0.1, -0.05) is 39.0 Å². The highest BCUT2D eigenvalue weighted by Crippen LogP contribution is 2.22. The molecule has 116 valence electrons. The van der Waals surface area contributed by atoms with Crippen molar-refractivity contribution in [3.05, 3.63) is 35.4 Å². The van der Waals surface area contributed by atoms with E-state index in [4.69, 9.17) is 10.2 Å². The number of carboxylic acid groups (broad SMARTS) is 1. The second-order valence-corrected chi connectivity index (χ2v) is 6.14. The number of rotatable bonds is 6. The fourth-order valence-electron chi connectivity index (χ4n) is 2.15. The fraction of sp³-hybridized carbons (Fsp3) is 0.500. The lowest BCUT2D eigenvalue weighted by Crippen LogP contribution is -2.45. The molecule has 0 heterocycles. The largest absolute Gasteiger partial charge is 0.478 e.